The molecular formula is C21H28N2O2. The molecule has 25 heavy (non-hydrogen) atoms. The minimum atomic E-state index is -0.0182. The molecule has 0 aromatic heterocycles. The minimum absolute atomic E-state index is 0.0139. The standard InChI is InChI=1S/C21H28N2O2/c1-13-6-7-14(17(10-13)20(25)23(4)5)11-16-12-15-8-9-21(2,3)18(15)22-19(16)24/h6-7,10,12,15,18H,8-9,11H2,1-5H3,(H,22,24). The molecule has 1 fully saturated rings. The molecule has 1 heterocycles. The molecule has 3 rings (SSSR count). The molecule has 1 saturated carbocycles. The highest BCUT2D eigenvalue weighted by Crippen LogP contribution is 2.44. The van der Waals surface area contributed by atoms with Crippen molar-refractivity contribution in [3.63, 3.8) is 0 Å². The molecule has 0 bridgehead atoms. The van der Waals surface area contributed by atoms with Crippen LogP contribution in [-0.2, 0) is 11.2 Å². The van der Waals surface area contributed by atoms with Gasteiger partial charge in [-0.05, 0) is 42.7 Å². The monoisotopic (exact) mass is 340 g/mol. The lowest BCUT2D eigenvalue weighted by Gasteiger charge is -2.34. The largest absolute Gasteiger partial charge is 0.348 e. The van der Waals surface area contributed by atoms with Gasteiger partial charge < -0.3 is 10.2 Å². The Bertz CT molecular complexity index is 746. The highest BCUT2D eigenvalue weighted by atomic mass is 16.2. The number of rotatable bonds is 3. The second-order valence-corrected chi connectivity index (χ2v) is 8.37. The molecule has 4 nitrogen and oxygen atoms in total. The van der Waals surface area contributed by atoms with Gasteiger partial charge >= 0.3 is 0 Å². The summed E-state index contributed by atoms with van der Waals surface area (Å²) in [4.78, 5) is 26.7. The topological polar surface area (TPSA) is 49.4 Å². The number of hydrogen-bond acceptors (Lipinski definition) is 2. The molecule has 1 aliphatic carbocycles. The van der Waals surface area contributed by atoms with Gasteiger partial charge in [0.25, 0.3) is 5.91 Å². The zero-order valence-electron chi connectivity index (χ0n) is 15.8. The lowest BCUT2D eigenvalue weighted by atomic mass is 9.81. The van der Waals surface area contributed by atoms with Crippen molar-refractivity contribution in [3.8, 4) is 0 Å². The second kappa shape index (κ2) is 6.32. The van der Waals surface area contributed by atoms with E-state index in [1.807, 2.05) is 25.1 Å². The third kappa shape index (κ3) is 3.35. The number of carbonyl (C=O) groups is 2. The number of amides is 2. The van der Waals surface area contributed by atoms with Crippen molar-refractivity contribution in [2.24, 2.45) is 11.3 Å². The molecule has 4 heteroatoms. The lowest BCUT2D eigenvalue weighted by molar-refractivity contribution is -0.119. The zero-order chi connectivity index (χ0) is 18.4. The van der Waals surface area contributed by atoms with Crippen molar-refractivity contribution in [2.45, 2.75) is 46.1 Å². The van der Waals surface area contributed by atoms with Crippen LogP contribution < -0.4 is 5.32 Å². The van der Waals surface area contributed by atoms with E-state index >= 15 is 0 Å². The third-order valence-electron chi connectivity index (χ3n) is 5.67. The first kappa shape index (κ1) is 17.7. The number of benzene rings is 1. The molecule has 1 aromatic rings. The molecule has 134 valence electrons. The van der Waals surface area contributed by atoms with E-state index in [1.165, 1.54) is 0 Å². The van der Waals surface area contributed by atoms with E-state index in [1.54, 1.807) is 19.0 Å². The van der Waals surface area contributed by atoms with Crippen LogP contribution in [0.5, 0.6) is 0 Å². The van der Waals surface area contributed by atoms with Gasteiger partial charge in [0.05, 0.1) is 0 Å². The van der Waals surface area contributed by atoms with Crippen molar-refractivity contribution in [1.82, 2.24) is 10.2 Å². The Morgan fingerprint density at radius 3 is 2.72 bits per heavy atom. The molecule has 2 atom stereocenters. The number of fused-ring (bicyclic) bond motifs is 1. The maximum atomic E-state index is 12.6. The van der Waals surface area contributed by atoms with Crippen LogP contribution in [0.3, 0.4) is 0 Å². The Morgan fingerprint density at radius 2 is 2.04 bits per heavy atom. The maximum absolute atomic E-state index is 12.6. The van der Waals surface area contributed by atoms with Crippen LogP contribution in [0, 0.1) is 18.3 Å². The van der Waals surface area contributed by atoms with Gasteiger partial charge in [-0.25, -0.2) is 0 Å². The number of aryl methyl sites for hydroxylation is 1. The molecule has 1 N–H and O–H groups in total. The summed E-state index contributed by atoms with van der Waals surface area (Å²) in [5, 5.41) is 3.22. The smallest absolute Gasteiger partial charge is 0.253 e. The second-order valence-electron chi connectivity index (χ2n) is 8.37. The molecule has 2 amide bonds. The van der Waals surface area contributed by atoms with Crippen LogP contribution in [0.15, 0.2) is 29.8 Å². The predicted molar refractivity (Wildman–Crippen MR) is 99.4 cm³/mol. The number of nitrogens with one attached hydrogen (secondary N) is 1. The van der Waals surface area contributed by atoms with Crippen molar-refractivity contribution < 1.29 is 9.59 Å². The molecular weight excluding hydrogens is 312 g/mol. The molecule has 0 radical (unpaired) electrons. The summed E-state index contributed by atoms with van der Waals surface area (Å²) in [6.45, 7) is 6.43. The van der Waals surface area contributed by atoms with Crippen molar-refractivity contribution in [3.05, 3.63) is 46.5 Å². The first-order valence-electron chi connectivity index (χ1n) is 9.02. The van der Waals surface area contributed by atoms with Gasteiger partial charge in [-0.2, -0.15) is 0 Å². The van der Waals surface area contributed by atoms with Gasteiger partial charge in [-0.1, -0.05) is 37.6 Å². The van der Waals surface area contributed by atoms with Crippen LogP contribution in [0.1, 0.15) is 48.2 Å². The molecule has 0 spiro atoms. The van der Waals surface area contributed by atoms with E-state index in [9.17, 15) is 9.59 Å². The minimum Gasteiger partial charge on any atom is -0.348 e. The molecule has 2 unspecified atom stereocenters. The normalized spacial score (nSPS) is 24.4. The predicted octanol–water partition coefficient (Wildman–Crippen LogP) is 3.10. The van der Waals surface area contributed by atoms with E-state index in [2.05, 4.69) is 25.2 Å². The summed E-state index contributed by atoms with van der Waals surface area (Å²) in [6, 6.07) is 6.13. The Kier molecular flexibility index (Phi) is 4.48. The van der Waals surface area contributed by atoms with Gasteiger partial charge in [-0.15, -0.1) is 0 Å². The van der Waals surface area contributed by atoms with Gasteiger partial charge in [0, 0.05) is 37.7 Å². The summed E-state index contributed by atoms with van der Waals surface area (Å²) in [6.07, 6.45) is 4.90. The Morgan fingerprint density at radius 1 is 1.32 bits per heavy atom. The molecule has 0 saturated heterocycles. The van der Waals surface area contributed by atoms with Gasteiger partial charge in [0.15, 0.2) is 0 Å². The Hall–Kier alpha value is -2.10. The van der Waals surface area contributed by atoms with Crippen LogP contribution in [-0.4, -0.2) is 36.9 Å². The summed E-state index contributed by atoms with van der Waals surface area (Å²) < 4.78 is 0. The summed E-state index contributed by atoms with van der Waals surface area (Å²) in [7, 11) is 3.51. The molecule has 1 aromatic carbocycles. The summed E-state index contributed by atoms with van der Waals surface area (Å²) in [5.74, 6) is 0.400. The SMILES string of the molecule is Cc1ccc(CC2=CC3CCC(C)(C)C3NC2=O)c(C(=O)N(C)C)c1. The van der Waals surface area contributed by atoms with Gasteiger partial charge in [0.1, 0.15) is 0 Å². The summed E-state index contributed by atoms with van der Waals surface area (Å²) >= 11 is 0. The van der Waals surface area contributed by atoms with E-state index in [0.29, 0.717) is 17.9 Å². The highest BCUT2D eigenvalue weighted by molar-refractivity contribution is 5.98. The average Bonchev–Trinajstić information content (AvgIpc) is 2.83. The lowest BCUT2D eigenvalue weighted by Crippen LogP contribution is -2.48. The average molecular weight is 340 g/mol. The van der Waals surface area contributed by atoms with Crippen molar-refractivity contribution >= 4 is 11.8 Å². The van der Waals surface area contributed by atoms with Crippen molar-refractivity contribution in [1.29, 1.82) is 0 Å². The van der Waals surface area contributed by atoms with E-state index in [-0.39, 0.29) is 23.3 Å². The zero-order valence-corrected chi connectivity index (χ0v) is 15.8. The first-order chi connectivity index (χ1) is 11.7. The van der Waals surface area contributed by atoms with E-state index in [4.69, 9.17) is 0 Å². The van der Waals surface area contributed by atoms with Gasteiger partial charge in [0.2, 0.25) is 5.91 Å². The van der Waals surface area contributed by atoms with Crippen LogP contribution >= 0.6 is 0 Å². The Labute approximate surface area is 150 Å². The fourth-order valence-electron chi connectivity index (χ4n) is 4.12. The van der Waals surface area contributed by atoms with E-state index < -0.39 is 0 Å². The first-order valence-corrected chi connectivity index (χ1v) is 9.02. The highest BCUT2D eigenvalue weighted by Gasteiger charge is 2.44. The fourth-order valence-corrected chi connectivity index (χ4v) is 4.12. The quantitative estimate of drug-likeness (QED) is 0.919. The van der Waals surface area contributed by atoms with Gasteiger partial charge in [-0.3, -0.25) is 9.59 Å². The van der Waals surface area contributed by atoms with Crippen LogP contribution in [0.4, 0.5) is 0 Å². The molecule has 2 aliphatic rings. The Balaban J connectivity index is 1.90. The fraction of sp³-hybridized carbons (Fsp3) is 0.524. The van der Waals surface area contributed by atoms with Crippen LogP contribution in [0.2, 0.25) is 0 Å². The van der Waals surface area contributed by atoms with Crippen LogP contribution in [0.25, 0.3) is 0 Å². The summed E-state index contributed by atoms with van der Waals surface area (Å²) in [5.41, 5.74) is 3.59. The molecule has 1 aliphatic heterocycles. The maximum Gasteiger partial charge on any atom is 0.253 e. The number of carbonyl (C=O) groups excluding carboxylic acids is 2. The van der Waals surface area contributed by atoms with E-state index in [0.717, 1.165) is 29.5 Å². The third-order valence-corrected chi connectivity index (χ3v) is 5.67. The number of hydrogen-bond donors (Lipinski definition) is 1. The number of nitrogens with zero attached hydrogens (tertiary/aromatic N) is 1. The van der Waals surface area contributed by atoms with Crippen molar-refractivity contribution in [2.75, 3.05) is 14.1 Å².